The molecule has 1 unspecified atom stereocenters. The summed E-state index contributed by atoms with van der Waals surface area (Å²) in [6, 6.07) is 5.96. The highest BCUT2D eigenvalue weighted by atomic mass is 16.6. The van der Waals surface area contributed by atoms with Gasteiger partial charge in [0.05, 0.1) is 18.1 Å². The Morgan fingerprint density at radius 3 is 2.19 bits per heavy atom. The minimum Gasteiger partial charge on any atom is -0.465 e. The van der Waals surface area contributed by atoms with Crippen LogP contribution in [0, 0.1) is 21.4 Å². The summed E-state index contributed by atoms with van der Waals surface area (Å²) in [5, 5.41) is 10.9. The number of carbonyl (C=O) groups excluding carboxylic acids is 2. The topological polar surface area (TPSA) is 95.7 Å². The molecule has 1 aliphatic rings. The van der Waals surface area contributed by atoms with Crippen molar-refractivity contribution in [1.29, 1.82) is 0 Å². The normalized spacial score (nSPS) is 18.4. The van der Waals surface area contributed by atoms with Crippen molar-refractivity contribution in [3.8, 4) is 0 Å². The molecule has 1 aromatic carbocycles. The van der Waals surface area contributed by atoms with Crippen LogP contribution in [0.2, 0.25) is 0 Å². The van der Waals surface area contributed by atoms with Crippen molar-refractivity contribution in [3.63, 3.8) is 0 Å². The van der Waals surface area contributed by atoms with Crippen LogP contribution in [0.3, 0.4) is 0 Å². The molecule has 1 fully saturated rings. The van der Waals surface area contributed by atoms with Crippen LogP contribution in [0.1, 0.15) is 45.1 Å². The third-order valence-electron chi connectivity index (χ3n) is 5.06. The standard InChI is InChI=1S/C20H25NO6/c1-4-26-18(22)20(19(23)27-5-2)13-7-6-8-17(20)14(3)15-9-11-16(12-10-15)21(24)25/h9-12,17H,3-8,13H2,1-2H3. The molecule has 0 amide bonds. The van der Waals surface area contributed by atoms with Gasteiger partial charge in [-0.15, -0.1) is 0 Å². The quantitative estimate of drug-likeness (QED) is 0.310. The average Bonchev–Trinajstić information content (AvgIpc) is 2.67. The number of nitro benzene ring substituents is 1. The molecule has 1 aliphatic carbocycles. The van der Waals surface area contributed by atoms with Crippen LogP contribution in [-0.2, 0) is 19.1 Å². The van der Waals surface area contributed by atoms with E-state index in [9.17, 15) is 19.7 Å². The molecule has 7 heteroatoms. The summed E-state index contributed by atoms with van der Waals surface area (Å²) < 4.78 is 10.5. The molecule has 146 valence electrons. The first-order valence-corrected chi connectivity index (χ1v) is 9.16. The fraction of sp³-hybridized carbons (Fsp3) is 0.500. The number of allylic oxidation sites excluding steroid dienone is 1. The van der Waals surface area contributed by atoms with Crippen LogP contribution < -0.4 is 0 Å². The maximum absolute atomic E-state index is 12.9. The summed E-state index contributed by atoms with van der Waals surface area (Å²) >= 11 is 0. The van der Waals surface area contributed by atoms with Gasteiger partial charge in [0.2, 0.25) is 0 Å². The average molecular weight is 375 g/mol. The highest BCUT2D eigenvalue weighted by molar-refractivity contribution is 6.02. The van der Waals surface area contributed by atoms with Crippen molar-refractivity contribution in [2.75, 3.05) is 13.2 Å². The lowest BCUT2D eigenvalue weighted by molar-refractivity contribution is -0.384. The number of nitrogens with zero attached hydrogens (tertiary/aromatic N) is 1. The largest absolute Gasteiger partial charge is 0.465 e. The van der Waals surface area contributed by atoms with E-state index >= 15 is 0 Å². The maximum atomic E-state index is 12.9. The molecule has 27 heavy (non-hydrogen) atoms. The van der Waals surface area contributed by atoms with E-state index in [1.165, 1.54) is 12.1 Å². The Morgan fingerprint density at radius 1 is 1.15 bits per heavy atom. The zero-order valence-electron chi connectivity index (χ0n) is 15.7. The number of hydrogen-bond acceptors (Lipinski definition) is 6. The monoisotopic (exact) mass is 375 g/mol. The van der Waals surface area contributed by atoms with Crippen LogP contribution in [0.25, 0.3) is 5.57 Å². The van der Waals surface area contributed by atoms with E-state index in [0.29, 0.717) is 30.4 Å². The molecule has 0 N–H and O–H groups in total. The SMILES string of the molecule is C=C(c1ccc([N+](=O)[O-])cc1)C1CCCCC1(C(=O)OCC)C(=O)OCC. The Bertz CT molecular complexity index is 706. The van der Waals surface area contributed by atoms with Crippen molar-refractivity contribution in [2.24, 2.45) is 11.3 Å². The Balaban J connectivity index is 2.44. The number of ether oxygens (including phenoxy) is 2. The molecule has 1 aromatic rings. The molecule has 0 aliphatic heterocycles. The molecule has 0 spiro atoms. The van der Waals surface area contributed by atoms with Crippen LogP contribution >= 0.6 is 0 Å². The van der Waals surface area contributed by atoms with Gasteiger partial charge >= 0.3 is 11.9 Å². The summed E-state index contributed by atoms with van der Waals surface area (Å²) in [7, 11) is 0. The van der Waals surface area contributed by atoms with E-state index in [2.05, 4.69) is 6.58 Å². The van der Waals surface area contributed by atoms with E-state index in [-0.39, 0.29) is 18.9 Å². The molecular weight excluding hydrogens is 350 g/mol. The first-order chi connectivity index (χ1) is 12.9. The number of esters is 2. The molecule has 0 bridgehead atoms. The second-order valence-electron chi connectivity index (χ2n) is 6.54. The first kappa shape index (κ1) is 20.6. The minimum absolute atomic E-state index is 0.0303. The van der Waals surface area contributed by atoms with Crippen LogP contribution in [0.5, 0.6) is 0 Å². The van der Waals surface area contributed by atoms with Gasteiger partial charge in [-0.25, -0.2) is 0 Å². The first-order valence-electron chi connectivity index (χ1n) is 9.16. The van der Waals surface area contributed by atoms with Crippen molar-refractivity contribution >= 4 is 23.2 Å². The second-order valence-corrected chi connectivity index (χ2v) is 6.54. The lowest BCUT2D eigenvalue weighted by Crippen LogP contribution is -2.49. The molecule has 2 rings (SSSR count). The number of carbonyl (C=O) groups is 2. The predicted octanol–water partition coefficient (Wildman–Crippen LogP) is 3.91. The van der Waals surface area contributed by atoms with Gasteiger partial charge in [-0.3, -0.25) is 19.7 Å². The fourth-order valence-electron chi connectivity index (χ4n) is 3.73. The molecule has 0 heterocycles. The summed E-state index contributed by atoms with van der Waals surface area (Å²) in [6.45, 7) is 7.83. The van der Waals surface area contributed by atoms with Gasteiger partial charge in [-0.05, 0) is 50.0 Å². The lowest BCUT2D eigenvalue weighted by atomic mass is 9.62. The van der Waals surface area contributed by atoms with Crippen LogP contribution in [0.4, 0.5) is 5.69 Å². The molecule has 1 saturated carbocycles. The smallest absolute Gasteiger partial charge is 0.324 e. The molecule has 7 nitrogen and oxygen atoms in total. The van der Waals surface area contributed by atoms with E-state index in [1.54, 1.807) is 26.0 Å². The Hall–Kier alpha value is -2.70. The Morgan fingerprint density at radius 2 is 1.70 bits per heavy atom. The molecular formula is C20H25NO6. The zero-order chi connectivity index (χ0) is 20.0. The van der Waals surface area contributed by atoms with Gasteiger partial charge in [0.15, 0.2) is 5.41 Å². The zero-order valence-corrected chi connectivity index (χ0v) is 15.7. The van der Waals surface area contributed by atoms with Crippen LogP contribution in [0.15, 0.2) is 30.8 Å². The van der Waals surface area contributed by atoms with E-state index in [1.807, 2.05) is 0 Å². The molecule has 0 saturated heterocycles. The van der Waals surface area contributed by atoms with Crippen molar-refractivity contribution in [2.45, 2.75) is 39.5 Å². The molecule has 0 radical (unpaired) electrons. The minimum atomic E-state index is -1.43. The van der Waals surface area contributed by atoms with E-state index in [4.69, 9.17) is 9.47 Å². The highest BCUT2D eigenvalue weighted by Crippen LogP contribution is 2.49. The van der Waals surface area contributed by atoms with Crippen molar-refractivity contribution < 1.29 is 24.0 Å². The van der Waals surface area contributed by atoms with Gasteiger partial charge < -0.3 is 9.47 Å². The van der Waals surface area contributed by atoms with Crippen LogP contribution in [-0.4, -0.2) is 30.1 Å². The number of nitro groups is 1. The third kappa shape index (κ3) is 4.02. The van der Waals surface area contributed by atoms with E-state index < -0.39 is 28.2 Å². The van der Waals surface area contributed by atoms with Crippen molar-refractivity contribution in [1.82, 2.24) is 0 Å². The molecule has 1 atom stereocenters. The number of hydrogen-bond donors (Lipinski definition) is 0. The summed E-state index contributed by atoms with van der Waals surface area (Å²) in [4.78, 5) is 36.1. The van der Waals surface area contributed by atoms with Gasteiger partial charge in [0, 0.05) is 18.1 Å². The van der Waals surface area contributed by atoms with Gasteiger partial charge in [0.1, 0.15) is 0 Å². The summed E-state index contributed by atoms with van der Waals surface area (Å²) in [6.07, 6.45) is 2.48. The summed E-state index contributed by atoms with van der Waals surface area (Å²) in [5.74, 6) is -1.65. The lowest BCUT2D eigenvalue weighted by Gasteiger charge is -2.40. The van der Waals surface area contributed by atoms with E-state index in [0.717, 1.165) is 6.42 Å². The third-order valence-corrected chi connectivity index (χ3v) is 5.06. The summed E-state index contributed by atoms with van der Waals surface area (Å²) in [5.41, 5.74) is -0.211. The molecule has 0 aromatic heterocycles. The second kappa shape index (κ2) is 8.79. The highest BCUT2D eigenvalue weighted by Gasteiger charge is 2.56. The maximum Gasteiger partial charge on any atom is 0.324 e. The Labute approximate surface area is 158 Å². The number of rotatable bonds is 7. The predicted molar refractivity (Wildman–Crippen MR) is 99.8 cm³/mol. The van der Waals surface area contributed by atoms with Gasteiger partial charge in [-0.1, -0.05) is 19.4 Å². The fourth-order valence-corrected chi connectivity index (χ4v) is 3.73. The number of non-ortho nitro benzene ring substituents is 1. The Kier molecular flexibility index (Phi) is 6.71. The number of benzene rings is 1. The van der Waals surface area contributed by atoms with Gasteiger partial charge in [-0.2, -0.15) is 0 Å². The van der Waals surface area contributed by atoms with Gasteiger partial charge in [0.25, 0.3) is 5.69 Å². The van der Waals surface area contributed by atoms with Crippen molar-refractivity contribution in [3.05, 3.63) is 46.5 Å².